The summed E-state index contributed by atoms with van der Waals surface area (Å²) >= 11 is 0. The summed E-state index contributed by atoms with van der Waals surface area (Å²) in [6, 6.07) is 18.6. The zero-order chi connectivity index (χ0) is 25.2. The molecule has 0 aliphatic rings. The summed E-state index contributed by atoms with van der Waals surface area (Å²) in [5.74, 6) is 0. The van der Waals surface area contributed by atoms with E-state index in [1.807, 2.05) is 0 Å². The summed E-state index contributed by atoms with van der Waals surface area (Å²) in [4.78, 5) is 0. The minimum absolute atomic E-state index is 0.109. The van der Waals surface area contributed by atoms with Crippen LogP contribution in [0.25, 0.3) is 0 Å². The van der Waals surface area contributed by atoms with Crippen LogP contribution in [0.15, 0.2) is 72.8 Å². The second-order valence-corrected chi connectivity index (χ2v) is 12.2. The molecule has 0 aromatic heterocycles. The molecule has 0 spiro atoms. The first-order chi connectivity index (χ1) is 15.7. The van der Waals surface area contributed by atoms with E-state index in [-0.39, 0.29) is 15.9 Å². The maximum absolute atomic E-state index is 13.6. The Balaban J connectivity index is 2.50. The van der Waals surface area contributed by atoms with Crippen LogP contribution in [-0.4, -0.2) is 25.6 Å². The average Bonchev–Trinajstić information content (AvgIpc) is 2.75. The first-order valence-electron chi connectivity index (χ1n) is 10.4. The molecule has 2 nitrogen and oxygen atoms in total. The Morgan fingerprint density at radius 2 is 0.735 bits per heavy atom. The molecule has 34 heavy (non-hydrogen) atoms. The van der Waals surface area contributed by atoms with Crippen molar-refractivity contribution in [1.82, 2.24) is 0 Å². The van der Waals surface area contributed by atoms with Gasteiger partial charge in [0.15, 0.2) is 0 Å². The summed E-state index contributed by atoms with van der Waals surface area (Å²) in [5, 5.41) is 0.327. The molecule has 0 amide bonds. The molecule has 9 heteroatoms. The first-order valence-corrected chi connectivity index (χ1v) is 12.5. The SMILES string of the molecule is Cc1ccc(P(OCC(F)(F)F)(OCC(F)(F)F)(c2ccc(C)cc2)c2ccc(C)cc2)cc1. The predicted molar refractivity (Wildman–Crippen MR) is 123 cm³/mol. The first kappa shape index (κ1) is 26.2. The molecule has 3 aromatic rings. The number of halogens is 6. The van der Waals surface area contributed by atoms with E-state index in [4.69, 9.17) is 9.05 Å². The fraction of sp³-hybridized carbons (Fsp3) is 0.280. The van der Waals surface area contributed by atoms with Crippen molar-refractivity contribution in [3.05, 3.63) is 89.5 Å². The second kappa shape index (κ2) is 9.33. The second-order valence-electron chi connectivity index (χ2n) is 8.24. The van der Waals surface area contributed by atoms with Gasteiger partial charge in [-0.15, -0.1) is 0 Å². The van der Waals surface area contributed by atoms with Crippen LogP contribution in [-0.2, 0) is 9.05 Å². The third-order valence-corrected chi connectivity index (χ3v) is 10.4. The standard InChI is InChI=1S/C25H25F6O2P/c1-18-4-10-21(11-5-18)34(32-16-24(26,27)28,33-17-25(29,30)31,22-12-6-19(2)7-13-22)23-14-8-20(3)9-15-23/h4-15H,16-17H2,1-3H3. The molecule has 3 aromatic carbocycles. The summed E-state index contributed by atoms with van der Waals surface area (Å²) < 4.78 is 93.0. The zero-order valence-corrected chi connectivity index (χ0v) is 19.8. The fourth-order valence-corrected chi connectivity index (χ4v) is 8.49. The Morgan fingerprint density at radius 3 is 0.941 bits per heavy atom. The minimum atomic E-state index is -5.23. The summed E-state index contributed by atoms with van der Waals surface area (Å²) in [6.07, 6.45) is -9.63. The Bertz CT molecular complexity index is 969. The molecule has 0 aliphatic carbocycles. The topological polar surface area (TPSA) is 18.5 Å². The third kappa shape index (κ3) is 5.29. The molecule has 0 fully saturated rings. The Morgan fingerprint density at radius 1 is 0.500 bits per heavy atom. The van der Waals surface area contributed by atoms with Gasteiger partial charge in [-0.3, -0.25) is 0 Å². The van der Waals surface area contributed by atoms with Crippen molar-refractivity contribution in [2.45, 2.75) is 33.1 Å². The molecular formula is C25H25F6O2P. The Kier molecular flexibility index (Phi) is 7.19. The van der Waals surface area contributed by atoms with Crippen molar-refractivity contribution in [3.63, 3.8) is 0 Å². The number of alkyl halides is 6. The molecule has 0 atom stereocenters. The van der Waals surface area contributed by atoms with Crippen LogP contribution in [0.4, 0.5) is 26.3 Å². The normalized spacial score (nSPS) is 14.0. The molecule has 0 unspecified atom stereocenters. The molecule has 0 saturated carbocycles. The quantitative estimate of drug-likeness (QED) is 0.274. The van der Waals surface area contributed by atoms with Crippen molar-refractivity contribution < 1.29 is 35.4 Å². The van der Waals surface area contributed by atoms with Gasteiger partial charge in [0, 0.05) is 0 Å². The van der Waals surface area contributed by atoms with E-state index < -0.39 is 32.6 Å². The van der Waals surface area contributed by atoms with E-state index in [1.165, 1.54) is 36.4 Å². The van der Waals surface area contributed by atoms with Gasteiger partial charge in [-0.2, -0.15) is 0 Å². The van der Waals surface area contributed by atoms with Crippen molar-refractivity contribution in [2.24, 2.45) is 0 Å². The Hall–Kier alpha value is -2.41. The van der Waals surface area contributed by atoms with E-state index in [1.54, 1.807) is 57.2 Å². The van der Waals surface area contributed by atoms with Gasteiger partial charge in [0.05, 0.1) is 0 Å². The third-order valence-electron chi connectivity index (χ3n) is 5.46. The van der Waals surface area contributed by atoms with Gasteiger partial charge in [0.1, 0.15) is 0 Å². The van der Waals surface area contributed by atoms with Crippen LogP contribution in [0.2, 0.25) is 0 Å². The van der Waals surface area contributed by atoms with Gasteiger partial charge in [-0.1, -0.05) is 0 Å². The monoisotopic (exact) mass is 502 g/mol. The zero-order valence-electron chi connectivity index (χ0n) is 18.9. The number of hydrogen-bond donors (Lipinski definition) is 0. The fourth-order valence-electron chi connectivity index (χ4n) is 3.77. The van der Waals surface area contributed by atoms with Gasteiger partial charge in [0.25, 0.3) is 0 Å². The predicted octanol–water partition coefficient (Wildman–Crippen LogP) is 6.43. The van der Waals surface area contributed by atoms with Crippen molar-refractivity contribution >= 4 is 23.0 Å². The van der Waals surface area contributed by atoms with Crippen molar-refractivity contribution in [1.29, 1.82) is 0 Å². The molecule has 0 saturated heterocycles. The number of benzene rings is 3. The number of rotatable bonds is 7. The summed E-state index contributed by atoms with van der Waals surface area (Å²) in [5.41, 5.74) is 2.33. The van der Waals surface area contributed by atoms with Crippen LogP contribution in [0.5, 0.6) is 0 Å². The van der Waals surface area contributed by atoms with Crippen LogP contribution >= 0.6 is 7.06 Å². The maximum atomic E-state index is 13.6. The molecule has 0 heterocycles. The van der Waals surface area contributed by atoms with Crippen LogP contribution in [0.1, 0.15) is 16.7 Å². The van der Waals surface area contributed by atoms with E-state index in [0.29, 0.717) is 0 Å². The molecule has 184 valence electrons. The summed E-state index contributed by atoms with van der Waals surface area (Å²) in [6.45, 7) is 1.72. The number of hydrogen-bond acceptors (Lipinski definition) is 2. The van der Waals surface area contributed by atoms with Gasteiger partial charge in [0.2, 0.25) is 0 Å². The summed E-state index contributed by atoms with van der Waals surface area (Å²) in [7, 11) is -5.23. The van der Waals surface area contributed by atoms with Crippen LogP contribution in [0, 0.1) is 20.8 Å². The van der Waals surface area contributed by atoms with E-state index in [9.17, 15) is 26.3 Å². The van der Waals surface area contributed by atoms with E-state index in [2.05, 4.69) is 0 Å². The van der Waals surface area contributed by atoms with Gasteiger partial charge in [-0.25, -0.2) is 0 Å². The average molecular weight is 502 g/mol. The molecule has 0 bridgehead atoms. The van der Waals surface area contributed by atoms with Crippen molar-refractivity contribution in [3.8, 4) is 0 Å². The molecular weight excluding hydrogens is 477 g/mol. The van der Waals surface area contributed by atoms with Crippen LogP contribution < -0.4 is 15.9 Å². The van der Waals surface area contributed by atoms with Gasteiger partial charge < -0.3 is 0 Å². The van der Waals surface area contributed by atoms with Crippen molar-refractivity contribution in [2.75, 3.05) is 13.2 Å². The molecule has 0 aliphatic heterocycles. The number of aryl methyl sites for hydroxylation is 3. The van der Waals surface area contributed by atoms with E-state index >= 15 is 0 Å². The van der Waals surface area contributed by atoms with Gasteiger partial charge in [-0.05, 0) is 0 Å². The van der Waals surface area contributed by atoms with E-state index in [0.717, 1.165) is 16.7 Å². The molecule has 3 rings (SSSR count). The molecule has 0 radical (unpaired) electrons. The van der Waals surface area contributed by atoms with Crippen LogP contribution in [0.3, 0.4) is 0 Å². The Labute approximate surface area is 194 Å². The van der Waals surface area contributed by atoms with Gasteiger partial charge >= 0.3 is 194 Å². The molecule has 0 N–H and O–H groups in total.